The van der Waals surface area contributed by atoms with E-state index < -0.39 is 11.2 Å². The van der Waals surface area contributed by atoms with Crippen molar-refractivity contribution in [3.63, 3.8) is 0 Å². The molecule has 2 aliphatic heterocycles. The fourth-order valence-electron chi connectivity index (χ4n) is 4.92. The molecule has 5 heterocycles. The van der Waals surface area contributed by atoms with E-state index in [4.69, 9.17) is 19.1 Å². The smallest absolute Gasteiger partial charge is 0.228 e. The molecule has 2 aliphatic rings. The number of methoxy groups -OCH3 is 1. The molecule has 3 aromatic heterocycles. The van der Waals surface area contributed by atoms with Gasteiger partial charge in [-0.05, 0) is 60.9 Å². The van der Waals surface area contributed by atoms with Crippen molar-refractivity contribution in [2.75, 3.05) is 29.6 Å². The van der Waals surface area contributed by atoms with Gasteiger partial charge in [0.1, 0.15) is 28.7 Å². The first-order valence-corrected chi connectivity index (χ1v) is 13.7. The monoisotopic (exact) mass is 534 g/mol. The van der Waals surface area contributed by atoms with Crippen molar-refractivity contribution in [3.8, 4) is 17.3 Å². The first-order valence-electron chi connectivity index (χ1n) is 12.4. The maximum Gasteiger partial charge on any atom is 0.228 e. The number of rotatable bonds is 6. The molecular formula is C27H27FN6O3S. The summed E-state index contributed by atoms with van der Waals surface area (Å²) in [5, 5.41) is 3.40. The van der Waals surface area contributed by atoms with E-state index >= 15 is 0 Å². The van der Waals surface area contributed by atoms with Crippen LogP contribution in [0.25, 0.3) is 11.5 Å². The fourth-order valence-corrected chi connectivity index (χ4v) is 6.24. The Morgan fingerprint density at radius 1 is 1.11 bits per heavy atom. The summed E-state index contributed by atoms with van der Waals surface area (Å²) in [6.45, 7) is 5.51. The third-order valence-corrected chi connectivity index (χ3v) is 8.30. The Bertz CT molecular complexity index is 1510. The molecule has 0 saturated heterocycles. The largest absolute Gasteiger partial charge is 0.611 e. The number of anilines is 2. The van der Waals surface area contributed by atoms with Crippen molar-refractivity contribution in [2.45, 2.75) is 44.7 Å². The molecule has 9 nitrogen and oxygen atoms in total. The molecule has 0 aliphatic carbocycles. The maximum absolute atomic E-state index is 13.3. The maximum atomic E-state index is 13.3. The molecule has 4 aromatic rings. The Labute approximate surface area is 222 Å². The lowest BCUT2D eigenvalue weighted by atomic mass is 10.1. The van der Waals surface area contributed by atoms with Crippen LogP contribution in [0.1, 0.15) is 34.0 Å². The number of nitrogens with one attached hydrogen (secondary N) is 1. The van der Waals surface area contributed by atoms with Crippen molar-refractivity contribution in [1.29, 1.82) is 0 Å². The van der Waals surface area contributed by atoms with E-state index in [0.717, 1.165) is 39.5 Å². The summed E-state index contributed by atoms with van der Waals surface area (Å²) in [7, 11) is 1.61. The zero-order valence-electron chi connectivity index (χ0n) is 21.4. The van der Waals surface area contributed by atoms with E-state index in [2.05, 4.69) is 20.2 Å². The number of hydrogen-bond acceptors (Lipinski definition) is 9. The summed E-state index contributed by atoms with van der Waals surface area (Å²) in [5.74, 6) is 3.21. The normalized spacial score (nSPS) is 16.3. The Balaban J connectivity index is 1.28. The lowest BCUT2D eigenvalue weighted by Gasteiger charge is -2.26. The highest BCUT2D eigenvalue weighted by Crippen LogP contribution is 2.35. The predicted octanol–water partition coefficient (Wildman–Crippen LogP) is 4.13. The van der Waals surface area contributed by atoms with Crippen LogP contribution in [0.5, 0.6) is 5.88 Å². The average molecular weight is 535 g/mol. The summed E-state index contributed by atoms with van der Waals surface area (Å²) in [4.78, 5) is 21.5. The van der Waals surface area contributed by atoms with Gasteiger partial charge in [0.05, 0.1) is 13.7 Å². The number of benzene rings is 1. The second-order valence-electron chi connectivity index (χ2n) is 9.44. The highest BCUT2D eigenvalue weighted by atomic mass is 32.2. The van der Waals surface area contributed by atoms with Crippen molar-refractivity contribution in [3.05, 3.63) is 70.1 Å². The molecule has 0 unspecified atom stereocenters. The van der Waals surface area contributed by atoms with Gasteiger partial charge in [-0.25, -0.2) is 19.3 Å². The van der Waals surface area contributed by atoms with E-state index in [1.54, 1.807) is 19.2 Å². The quantitative estimate of drug-likeness (QED) is 0.365. The van der Waals surface area contributed by atoms with Crippen molar-refractivity contribution in [1.82, 2.24) is 19.9 Å². The van der Waals surface area contributed by atoms with Crippen molar-refractivity contribution < 1.29 is 18.1 Å². The summed E-state index contributed by atoms with van der Waals surface area (Å²) in [5.41, 5.74) is 5.21. The molecular weight excluding hydrogens is 507 g/mol. The summed E-state index contributed by atoms with van der Waals surface area (Å²) in [6.07, 6.45) is 1.28. The zero-order valence-corrected chi connectivity index (χ0v) is 22.2. The van der Waals surface area contributed by atoms with E-state index in [9.17, 15) is 8.94 Å². The van der Waals surface area contributed by atoms with E-state index in [1.807, 2.05) is 19.9 Å². The Kier molecular flexibility index (Phi) is 6.40. The number of pyridine rings is 1. The summed E-state index contributed by atoms with van der Waals surface area (Å²) < 4.78 is 37.7. The lowest BCUT2D eigenvalue weighted by Crippen LogP contribution is -2.32. The molecule has 0 spiro atoms. The molecule has 1 N–H and O–H groups in total. The Morgan fingerprint density at radius 3 is 2.71 bits per heavy atom. The van der Waals surface area contributed by atoms with Crippen LogP contribution in [0, 0.1) is 19.7 Å². The third-order valence-electron chi connectivity index (χ3n) is 6.84. The Hall–Kier alpha value is -3.70. The molecule has 1 atom stereocenters. The van der Waals surface area contributed by atoms with Crippen LogP contribution in [0.2, 0.25) is 0 Å². The minimum absolute atomic E-state index is 0.303. The van der Waals surface area contributed by atoms with E-state index in [0.29, 0.717) is 66.7 Å². The molecule has 196 valence electrons. The van der Waals surface area contributed by atoms with Crippen LogP contribution in [-0.2, 0) is 37.1 Å². The van der Waals surface area contributed by atoms with Gasteiger partial charge in [0.25, 0.3) is 0 Å². The van der Waals surface area contributed by atoms with Crippen LogP contribution >= 0.6 is 0 Å². The molecule has 38 heavy (non-hydrogen) atoms. The van der Waals surface area contributed by atoms with Crippen LogP contribution < -0.4 is 15.0 Å². The SMILES string of the molecule is COc1nc(C)cc(C)c1CNc1nc(N2CCc3oc(-c4ccc(F)cc4)nc3C2)nc2c1[S@+]([O-])CC2. The molecule has 0 fully saturated rings. The first kappa shape index (κ1) is 24.6. The third kappa shape index (κ3) is 4.56. The number of oxazole rings is 1. The van der Waals surface area contributed by atoms with Gasteiger partial charge >= 0.3 is 0 Å². The van der Waals surface area contributed by atoms with Crippen molar-refractivity contribution in [2.24, 2.45) is 0 Å². The number of hydrogen-bond donors (Lipinski definition) is 1. The predicted molar refractivity (Wildman–Crippen MR) is 141 cm³/mol. The highest BCUT2D eigenvalue weighted by molar-refractivity contribution is 7.91. The number of nitrogens with zero attached hydrogens (tertiary/aromatic N) is 5. The second-order valence-corrected chi connectivity index (χ2v) is 10.9. The summed E-state index contributed by atoms with van der Waals surface area (Å²) >= 11 is -1.16. The van der Waals surface area contributed by atoms with Gasteiger partial charge < -0.3 is 23.9 Å². The van der Waals surface area contributed by atoms with E-state index in [-0.39, 0.29) is 5.82 Å². The number of aromatic nitrogens is 4. The van der Waals surface area contributed by atoms with Gasteiger partial charge in [-0.2, -0.15) is 4.98 Å². The minimum atomic E-state index is -1.16. The van der Waals surface area contributed by atoms with Crippen LogP contribution in [0.4, 0.5) is 16.2 Å². The standard InChI is InChI=1S/C27H27FN6O3S/c1-15-12-16(2)30-26(36-3)19(15)13-29-24-23-20(9-11-38(23)35)32-27(33-24)34-10-8-22-21(14-34)31-25(37-22)17-4-6-18(28)7-5-17/h4-7,12H,8-11,13-14H2,1-3H3,(H,29,32,33)/t38-/m1/s1. The summed E-state index contributed by atoms with van der Waals surface area (Å²) in [6, 6.07) is 8.12. The van der Waals surface area contributed by atoms with Gasteiger partial charge in [0, 0.05) is 42.8 Å². The molecule has 0 bridgehead atoms. The molecule has 0 saturated carbocycles. The zero-order chi connectivity index (χ0) is 26.4. The average Bonchev–Trinajstić information content (AvgIpc) is 3.51. The number of halogens is 1. The van der Waals surface area contributed by atoms with Gasteiger partial charge in [-0.3, -0.25) is 0 Å². The molecule has 11 heteroatoms. The van der Waals surface area contributed by atoms with Crippen molar-refractivity contribution >= 4 is 22.9 Å². The minimum Gasteiger partial charge on any atom is -0.611 e. The van der Waals surface area contributed by atoms with Crippen LogP contribution in [-0.4, -0.2) is 43.9 Å². The number of aryl methyl sites for hydroxylation is 3. The van der Waals surface area contributed by atoms with E-state index in [1.165, 1.54) is 12.1 Å². The number of ether oxygens (including phenoxy) is 1. The van der Waals surface area contributed by atoms with Crippen LogP contribution in [0.3, 0.4) is 0 Å². The first-order chi connectivity index (χ1) is 18.4. The molecule has 1 aromatic carbocycles. The molecule has 0 amide bonds. The molecule has 6 rings (SSSR count). The fraction of sp³-hybridized carbons (Fsp3) is 0.333. The van der Waals surface area contributed by atoms with Gasteiger partial charge in [-0.15, -0.1) is 0 Å². The highest BCUT2D eigenvalue weighted by Gasteiger charge is 2.34. The second kappa shape index (κ2) is 9.88. The van der Waals surface area contributed by atoms with Gasteiger partial charge in [0.2, 0.25) is 22.6 Å². The van der Waals surface area contributed by atoms with Crippen LogP contribution in [0.15, 0.2) is 39.6 Å². The number of fused-ring (bicyclic) bond motifs is 2. The molecule has 0 radical (unpaired) electrons. The topological polar surface area (TPSA) is 112 Å². The Morgan fingerprint density at radius 2 is 1.92 bits per heavy atom. The lowest BCUT2D eigenvalue weighted by molar-refractivity contribution is 0.391. The van der Waals surface area contributed by atoms with Gasteiger partial charge in [0.15, 0.2) is 5.82 Å². The van der Waals surface area contributed by atoms with Gasteiger partial charge in [-0.1, -0.05) is 0 Å².